The van der Waals surface area contributed by atoms with Crippen LogP contribution in [0.25, 0.3) is 0 Å². The van der Waals surface area contributed by atoms with Crippen molar-refractivity contribution in [3.05, 3.63) is 0 Å². The predicted octanol–water partition coefficient (Wildman–Crippen LogP) is 6.52. The fourth-order valence-electron chi connectivity index (χ4n) is 2.44. The molecule has 0 N–H and O–H groups in total. The van der Waals surface area contributed by atoms with Crippen LogP contribution in [0, 0.1) is 0 Å². The zero-order valence-corrected chi connectivity index (χ0v) is 29.2. The highest BCUT2D eigenvalue weighted by Gasteiger charge is 2.37. The fraction of sp³-hybridized carbons (Fsp3) is 0.962. The summed E-state index contributed by atoms with van der Waals surface area (Å²) in [5.74, 6) is 0.761. The number of thiocarbonyl (C=S) groups is 1. The molecule has 0 atom stereocenters. The van der Waals surface area contributed by atoms with Crippen molar-refractivity contribution in [1.29, 1.82) is 0 Å². The van der Waals surface area contributed by atoms with Crippen LogP contribution >= 0.6 is 24.0 Å². The fourth-order valence-corrected chi connectivity index (χ4v) is 5.43. The van der Waals surface area contributed by atoms with Gasteiger partial charge < -0.3 is 32.5 Å². The average molecular weight is 601 g/mol. The van der Waals surface area contributed by atoms with Gasteiger partial charge in [0.2, 0.25) is 4.38 Å². The van der Waals surface area contributed by atoms with Crippen LogP contribution in [-0.4, -0.2) is 98.9 Å². The van der Waals surface area contributed by atoms with E-state index in [1.807, 2.05) is 6.92 Å². The summed E-state index contributed by atoms with van der Waals surface area (Å²) >= 11 is 6.59. The van der Waals surface area contributed by atoms with Gasteiger partial charge in [-0.1, -0.05) is 53.3 Å². The summed E-state index contributed by atoms with van der Waals surface area (Å²) in [7, 11) is -3.54. The van der Waals surface area contributed by atoms with Gasteiger partial charge in [0.1, 0.15) is 6.10 Å². The lowest BCUT2D eigenvalue weighted by Gasteiger charge is -2.36. The lowest BCUT2D eigenvalue weighted by Crippen LogP contribution is -2.42. The molecule has 7 nitrogen and oxygen atoms in total. The molecule has 0 aliphatic rings. The van der Waals surface area contributed by atoms with Crippen LogP contribution in [0.1, 0.15) is 48.5 Å². The van der Waals surface area contributed by atoms with Gasteiger partial charge in [-0.15, -0.1) is 0 Å². The van der Waals surface area contributed by atoms with E-state index < -0.39 is 16.6 Å². The topological polar surface area (TPSA) is 64.6 Å². The van der Waals surface area contributed by atoms with Crippen molar-refractivity contribution < 1.29 is 32.5 Å². The van der Waals surface area contributed by atoms with Crippen LogP contribution < -0.4 is 0 Å². The van der Waals surface area contributed by atoms with Crippen LogP contribution in [0.5, 0.6) is 0 Å². The minimum absolute atomic E-state index is 0.177. The molecule has 0 bridgehead atoms. The Morgan fingerprint density at radius 1 is 0.703 bits per heavy atom. The van der Waals surface area contributed by atoms with Crippen LogP contribution in [-0.2, 0) is 32.5 Å². The first kappa shape index (κ1) is 37.4. The molecule has 0 aromatic carbocycles. The number of thioether (sulfide) groups is 1. The molecule has 0 aromatic rings. The molecular formula is C26H56O7S2Si2. The van der Waals surface area contributed by atoms with Gasteiger partial charge in [-0.2, -0.15) is 0 Å². The lowest BCUT2D eigenvalue weighted by atomic mass is 10.2. The maximum Gasteiger partial charge on any atom is 0.220 e. The quantitative estimate of drug-likeness (QED) is 0.0883. The Balaban J connectivity index is 4.41. The van der Waals surface area contributed by atoms with Gasteiger partial charge in [-0.3, -0.25) is 0 Å². The smallest absolute Gasteiger partial charge is 0.220 e. The lowest BCUT2D eigenvalue weighted by molar-refractivity contribution is -0.0771. The van der Waals surface area contributed by atoms with E-state index in [0.717, 1.165) is 5.75 Å². The van der Waals surface area contributed by atoms with E-state index in [2.05, 4.69) is 67.7 Å². The summed E-state index contributed by atoms with van der Waals surface area (Å²) in [5.41, 5.74) is 0. The van der Waals surface area contributed by atoms with Crippen molar-refractivity contribution >= 4 is 45.0 Å². The van der Waals surface area contributed by atoms with Gasteiger partial charge in [-0.25, -0.2) is 0 Å². The van der Waals surface area contributed by atoms with E-state index in [0.29, 0.717) is 70.5 Å². The molecule has 0 saturated carbocycles. The monoisotopic (exact) mass is 600 g/mol. The number of hydrogen-bond donors (Lipinski definition) is 0. The summed E-state index contributed by atoms with van der Waals surface area (Å²) in [6.45, 7) is 29.7. The van der Waals surface area contributed by atoms with Gasteiger partial charge >= 0.3 is 0 Å². The molecular weight excluding hydrogens is 545 g/mol. The molecule has 0 amide bonds. The molecule has 37 heavy (non-hydrogen) atoms. The average Bonchev–Trinajstić information content (AvgIpc) is 2.75. The van der Waals surface area contributed by atoms with Gasteiger partial charge in [0.25, 0.3) is 0 Å². The highest BCUT2D eigenvalue weighted by molar-refractivity contribution is 8.22. The second kappa shape index (κ2) is 18.7. The third kappa shape index (κ3) is 17.7. The van der Waals surface area contributed by atoms with Crippen molar-refractivity contribution in [2.24, 2.45) is 0 Å². The Kier molecular flexibility index (Phi) is 18.9. The van der Waals surface area contributed by atoms with Crippen LogP contribution in [0.4, 0.5) is 0 Å². The molecule has 0 aliphatic heterocycles. The zero-order valence-electron chi connectivity index (χ0n) is 25.5. The second-order valence-corrected chi connectivity index (χ2v) is 23.3. The molecule has 0 unspecified atom stereocenters. The molecule has 0 radical (unpaired) electrons. The molecule has 0 spiro atoms. The molecule has 0 aromatic heterocycles. The van der Waals surface area contributed by atoms with Crippen molar-refractivity contribution in [3.8, 4) is 0 Å². The Bertz CT molecular complexity index is 573. The summed E-state index contributed by atoms with van der Waals surface area (Å²) in [4.78, 5) is 0. The Morgan fingerprint density at radius 3 is 1.59 bits per heavy atom. The molecule has 0 rings (SSSR count). The van der Waals surface area contributed by atoms with Gasteiger partial charge in [0.05, 0.1) is 66.1 Å². The molecule has 0 heterocycles. The Labute approximate surface area is 239 Å². The van der Waals surface area contributed by atoms with Crippen molar-refractivity contribution in [3.63, 3.8) is 0 Å². The Hall–Kier alpha value is 0.434. The first-order valence-corrected chi connectivity index (χ1v) is 20.7. The minimum Gasteiger partial charge on any atom is -0.479 e. The SMILES string of the molecule is CCOC(=S)SCCOCCOC(COCCO[Si](C)(C)C(C)(C)C)COCCO[Si](C)(C)C(C)(C)C. The summed E-state index contributed by atoms with van der Waals surface area (Å²) in [6.07, 6.45) is -0.177. The van der Waals surface area contributed by atoms with E-state index in [1.54, 1.807) is 0 Å². The van der Waals surface area contributed by atoms with Crippen LogP contribution in [0.15, 0.2) is 0 Å². The van der Waals surface area contributed by atoms with Gasteiger partial charge in [0.15, 0.2) is 16.6 Å². The number of ether oxygens (including phenoxy) is 5. The second-order valence-electron chi connectivity index (χ2n) is 12.0. The normalized spacial score (nSPS) is 13.4. The van der Waals surface area contributed by atoms with E-state index >= 15 is 0 Å². The van der Waals surface area contributed by atoms with E-state index in [1.165, 1.54) is 11.8 Å². The van der Waals surface area contributed by atoms with Crippen molar-refractivity contribution in [1.82, 2.24) is 0 Å². The first-order chi connectivity index (χ1) is 17.0. The van der Waals surface area contributed by atoms with Crippen LogP contribution in [0.2, 0.25) is 36.3 Å². The largest absolute Gasteiger partial charge is 0.479 e. The van der Waals surface area contributed by atoms with Crippen molar-refractivity contribution in [2.45, 2.75) is 90.8 Å². The first-order valence-electron chi connectivity index (χ1n) is 13.5. The van der Waals surface area contributed by atoms with Gasteiger partial charge in [0, 0.05) is 5.75 Å². The molecule has 0 saturated heterocycles. The predicted molar refractivity (Wildman–Crippen MR) is 165 cm³/mol. The number of hydrogen-bond acceptors (Lipinski definition) is 9. The Morgan fingerprint density at radius 2 is 1.16 bits per heavy atom. The van der Waals surface area contributed by atoms with E-state index in [4.69, 9.17) is 44.8 Å². The maximum atomic E-state index is 6.21. The minimum atomic E-state index is -1.77. The molecule has 0 aliphatic carbocycles. The highest BCUT2D eigenvalue weighted by atomic mass is 32.2. The summed E-state index contributed by atoms with van der Waals surface area (Å²) in [6, 6.07) is 0. The number of rotatable bonds is 20. The maximum absolute atomic E-state index is 6.21. The standard InChI is InChI=1S/C26H56O7S2Si2/c1-12-30-24(34)35-20-19-27-13-16-31-23(21-28-14-17-32-36(8,9)25(2,3)4)22-29-15-18-33-37(10,11)26(5,6)7/h23H,12-22H2,1-11H3. The van der Waals surface area contributed by atoms with Crippen molar-refractivity contribution in [2.75, 3.05) is 71.8 Å². The van der Waals surface area contributed by atoms with Crippen LogP contribution in [0.3, 0.4) is 0 Å². The summed E-state index contributed by atoms with van der Waals surface area (Å²) in [5, 5.41) is 0.372. The molecule has 11 heteroatoms. The third-order valence-corrected chi connectivity index (χ3v) is 17.2. The van der Waals surface area contributed by atoms with E-state index in [9.17, 15) is 0 Å². The highest BCUT2D eigenvalue weighted by Crippen LogP contribution is 2.37. The van der Waals surface area contributed by atoms with Gasteiger partial charge in [-0.05, 0) is 55.4 Å². The summed E-state index contributed by atoms with van der Waals surface area (Å²) < 4.78 is 41.7. The molecule has 222 valence electrons. The van der Waals surface area contributed by atoms with E-state index in [-0.39, 0.29) is 16.2 Å². The molecule has 0 fully saturated rings. The third-order valence-electron chi connectivity index (χ3n) is 6.89. The zero-order chi connectivity index (χ0) is 28.6.